The highest BCUT2D eigenvalue weighted by atomic mass is 19.1. The molecule has 0 saturated carbocycles. The average molecular weight is 354 g/mol. The summed E-state index contributed by atoms with van der Waals surface area (Å²) in [7, 11) is 0. The minimum Gasteiger partial charge on any atom is -0.478 e. The van der Waals surface area contributed by atoms with Crippen LogP contribution in [0.5, 0.6) is 0 Å². The summed E-state index contributed by atoms with van der Waals surface area (Å²) in [6.45, 7) is 0. The van der Waals surface area contributed by atoms with E-state index < -0.39 is 23.5 Å². The molecule has 0 atom stereocenters. The number of carbonyl (C=O) groups excluding carboxylic acids is 1. The van der Waals surface area contributed by atoms with Gasteiger partial charge in [-0.2, -0.15) is 0 Å². The molecule has 2 N–H and O–H groups in total. The van der Waals surface area contributed by atoms with Crippen molar-refractivity contribution >= 4 is 17.6 Å². The van der Waals surface area contributed by atoms with Crippen LogP contribution >= 0.6 is 0 Å². The summed E-state index contributed by atoms with van der Waals surface area (Å²) >= 11 is 0. The second-order valence-electron chi connectivity index (χ2n) is 5.36. The van der Waals surface area contributed by atoms with Crippen LogP contribution in [-0.4, -0.2) is 22.0 Å². The van der Waals surface area contributed by atoms with E-state index in [0.717, 1.165) is 24.3 Å². The lowest BCUT2D eigenvalue weighted by Crippen LogP contribution is -2.15. The maximum absolute atomic E-state index is 14.0. The van der Waals surface area contributed by atoms with Gasteiger partial charge in [-0.3, -0.25) is 9.78 Å². The molecule has 1 aromatic heterocycles. The topological polar surface area (TPSA) is 79.3 Å². The number of amides is 1. The van der Waals surface area contributed by atoms with E-state index >= 15 is 0 Å². The van der Waals surface area contributed by atoms with E-state index in [1.54, 1.807) is 18.2 Å². The van der Waals surface area contributed by atoms with Gasteiger partial charge in [-0.15, -0.1) is 0 Å². The maximum Gasteiger partial charge on any atom is 0.335 e. The van der Waals surface area contributed by atoms with Crippen molar-refractivity contribution in [2.45, 2.75) is 0 Å². The average Bonchev–Trinajstić information content (AvgIpc) is 2.63. The molecule has 0 saturated heterocycles. The number of anilines is 1. The van der Waals surface area contributed by atoms with Crippen molar-refractivity contribution in [1.29, 1.82) is 0 Å². The Morgan fingerprint density at radius 3 is 2.46 bits per heavy atom. The zero-order chi connectivity index (χ0) is 18.7. The Hall–Kier alpha value is -3.61. The van der Waals surface area contributed by atoms with Crippen molar-refractivity contribution in [3.05, 3.63) is 83.6 Å². The third-order valence-electron chi connectivity index (χ3n) is 3.63. The Labute approximate surface area is 146 Å². The number of pyridine rings is 1. The maximum atomic E-state index is 14.0. The van der Waals surface area contributed by atoms with Crippen molar-refractivity contribution < 1.29 is 23.5 Å². The van der Waals surface area contributed by atoms with E-state index in [-0.39, 0.29) is 16.8 Å². The van der Waals surface area contributed by atoms with Crippen molar-refractivity contribution in [2.75, 3.05) is 5.32 Å². The Kier molecular flexibility index (Phi) is 4.70. The van der Waals surface area contributed by atoms with Gasteiger partial charge in [0.2, 0.25) is 0 Å². The lowest BCUT2D eigenvalue weighted by Gasteiger charge is -2.11. The van der Waals surface area contributed by atoms with Crippen LogP contribution in [0.3, 0.4) is 0 Å². The number of carboxylic acids is 1. The molecule has 5 nitrogen and oxygen atoms in total. The van der Waals surface area contributed by atoms with Crippen LogP contribution in [0.4, 0.5) is 14.5 Å². The first kappa shape index (κ1) is 17.2. The van der Waals surface area contributed by atoms with E-state index in [1.165, 1.54) is 18.3 Å². The fourth-order valence-corrected chi connectivity index (χ4v) is 2.39. The van der Waals surface area contributed by atoms with Gasteiger partial charge in [-0.1, -0.05) is 6.07 Å². The molecule has 0 unspecified atom stereocenters. The van der Waals surface area contributed by atoms with Crippen LogP contribution in [0.15, 0.2) is 60.8 Å². The molecule has 26 heavy (non-hydrogen) atoms. The minimum absolute atomic E-state index is 0.0228. The number of halogens is 2. The first-order valence-corrected chi connectivity index (χ1v) is 7.51. The van der Waals surface area contributed by atoms with Crippen LogP contribution in [0.2, 0.25) is 0 Å². The quantitative estimate of drug-likeness (QED) is 0.743. The van der Waals surface area contributed by atoms with Crippen LogP contribution < -0.4 is 5.32 Å². The van der Waals surface area contributed by atoms with E-state index in [2.05, 4.69) is 10.3 Å². The lowest BCUT2D eigenvalue weighted by atomic mass is 10.0. The van der Waals surface area contributed by atoms with Gasteiger partial charge < -0.3 is 10.4 Å². The van der Waals surface area contributed by atoms with Crippen LogP contribution in [0.25, 0.3) is 11.3 Å². The van der Waals surface area contributed by atoms with Gasteiger partial charge in [0.25, 0.3) is 5.91 Å². The fraction of sp³-hybridized carbons (Fsp3) is 0. The molecule has 1 amide bonds. The summed E-state index contributed by atoms with van der Waals surface area (Å²) in [6, 6.07) is 11.8. The molecule has 0 aliphatic carbocycles. The summed E-state index contributed by atoms with van der Waals surface area (Å²) in [5, 5.41) is 11.2. The van der Waals surface area contributed by atoms with Gasteiger partial charge >= 0.3 is 5.97 Å². The molecule has 0 fully saturated rings. The number of rotatable bonds is 4. The smallest absolute Gasteiger partial charge is 0.335 e. The molecule has 1 heterocycles. The summed E-state index contributed by atoms with van der Waals surface area (Å²) in [5.41, 5.74) is 0.355. The fourth-order valence-electron chi connectivity index (χ4n) is 2.39. The number of carboxylic acid groups (broad SMARTS) is 1. The van der Waals surface area contributed by atoms with E-state index in [4.69, 9.17) is 5.11 Å². The summed E-state index contributed by atoms with van der Waals surface area (Å²) < 4.78 is 27.7. The molecule has 3 aromatic rings. The normalized spacial score (nSPS) is 10.4. The number of aromatic carboxylic acids is 1. The molecule has 0 spiro atoms. The third kappa shape index (κ3) is 3.56. The zero-order valence-electron chi connectivity index (χ0n) is 13.2. The number of nitrogens with one attached hydrogen (secondary N) is 1. The molecule has 130 valence electrons. The number of hydrogen-bond acceptors (Lipinski definition) is 3. The Morgan fingerprint density at radius 2 is 1.81 bits per heavy atom. The monoisotopic (exact) mass is 354 g/mol. The van der Waals surface area contributed by atoms with Crippen molar-refractivity contribution in [1.82, 2.24) is 4.98 Å². The van der Waals surface area contributed by atoms with Crippen molar-refractivity contribution in [2.24, 2.45) is 0 Å². The lowest BCUT2D eigenvalue weighted by molar-refractivity contribution is 0.0696. The van der Waals surface area contributed by atoms with Gasteiger partial charge in [0, 0.05) is 11.8 Å². The van der Waals surface area contributed by atoms with Crippen LogP contribution in [0, 0.1) is 11.6 Å². The Morgan fingerprint density at radius 1 is 1.00 bits per heavy atom. The highest BCUT2D eigenvalue weighted by Gasteiger charge is 2.17. The molecular formula is C19H12F2N2O3. The number of nitrogens with zero attached hydrogens (tertiary/aromatic N) is 1. The summed E-state index contributed by atoms with van der Waals surface area (Å²) in [5.74, 6) is -3.57. The van der Waals surface area contributed by atoms with Crippen LogP contribution in [0.1, 0.15) is 20.7 Å². The number of aromatic nitrogens is 1. The highest BCUT2D eigenvalue weighted by molar-refractivity contribution is 6.08. The Balaban J connectivity index is 1.96. The first-order chi connectivity index (χ1) is 12.5. The predicted octanol–water partition coefficient (Wildman–Crippen LogP) is 3.98. The molecule has 7 heteroatoms. The molecule has 0 aliphatic heterocycles. The summed E-state index contributed by atoms with van der Waals surface area (Å²) in [6.07, 6.45) is 1.53. The molecule has 0 radical (unpaired) electrons. The SMILES string of the molecule is O=C(O)c1ccc(NC(=O)c2cc(F)ccc2-c2ccccn2)c(F)c1. The third-order valence-corrected chi connectivity index (χ3v) is 3.63. The first-order valence-electron chi connectivity index (χ1n) is 7.51. The van der Waals surface area contributed by atoms with Gasteiger partial charge in [0.15, 0.2) is 0 Å². The van der Waals surface area contributed by atoms with E-state index in [9.17, 15) is 18.4 Å². The number of benzene rings is 2. The molecule has 0 aliphatic rings. The Bertz CT molecular complexity index is 991. The van der Waals surface area contributed by atoms with Crippen molar-refractivity contribution in [3.63, 3.8) is 0 Å². The summed E-state index contributed by atoms with van der Waals surface area (Å²) in [4.78, 5) is 27.5. The van der Waals surface area contributed by atoms with E-state index in [0.29, 0.717) is 11.3 Å². The zero-order valence-corrected chi connectivity index (χ0v) is 13.2. The molecule has 2 aromatic carbocycles. The standard InChI is InChI=1S/C19H12F2N2O3/c20-12-5-6-13(16-3-1-2-8-22-16)14(10-12)18(24)23-17-7-4-11(19(25)26)9-15(17)21/h1-10H,(H,23,24)(H,25,26). The van der Waals surface area contributed by atoms with E-state index in [1.807, 2.05) is 0 Å². The molecule has 3 rings (SSSR count). The van der Waals surface area contributed by atoms with Gasteiger partial charge in [-0.05, 0) is 48.5 Å². The second kappa shape index (κ2) is 7.10. The second-order valence-corrected chi connectivity index (χ2v) is 5.36. The van der Waals surface area contributed by atoms with Gasteiger partial charge in [0.1, 0.15) is 11.6 Å². The minimum atomic E-state index is -1.29. The number of carbonyl (C=O) groups is 2. The van der Waals surface area contributed by atoms with Gasteiger partial charge in [-0.25, -0.2) is 13.6 Å². The van der Waals surface area contributed by atoms with Crippen molar-refractivity contribution in [3.8, 4) is 11.3 Å². The number of hydrogen-bond donors (Lipinski definition) is 2. The largest absolute Gasteiger partial charge is 0.478 e. The molecule has 0 bridgehead atoms. The molecular weight excluding hydrogens is 342 g/mol. The predicted molar refractivity (Wildman–Crippen MR) is 90.9 cm³/mol. The van der Waals surface area contributed by atoms with Gasteiger partial charge in [0.05, 0.1) is 22.5 Å². The highest BCUT2D eigenvalue weighted by Crippen LogP contribution is 2.24. The van der Waals surface area contributed by atoms with Crippen LogP contribution in [-0.2, 0) is 0 Å².